The number of halogens is 2. The Morgan fingerprint density at radius 1 is 0.939 bits per heavy atom. The molecule has 0 saturated heterocycles. The van der Waals surface area contributed by atoms with Gasteiger partial charge in [0, 0.05) is 27.7 Å². The maximum absolute atomic E-state index is 11.3. The van der Waals surface area contributed by atoms with E-state index >= 15 is 0 Å². The van der Waals surface area contributed by atoms with Gasteiger partial charge in [0.05, 0.1) is 19.1 Å². The van der Waals surface area contributed by atoms with Crippen molar-refractivity contribution in [3.05, 3.63) is 76.3 Å². The van der Waals surface area contributed by atoms with E-state index in [1.54, 1.807) is 37.4 Å². The predicted molar refractivity (Wildman–Crippen MR) is 137 cm³/mol. The van der Waals surface area contributed by atoms with Gasteiger partial charge in [-0.3, -0.25) is 0 Å². The highest BCUT2D eigenvalue weighted by Gasteiger charge is 2.14. The number of nitrogens with one attached hydrogen (secondary N) is 1. The third-order valence-corrected chi connectivity index (χ3v) is 5.91. The summed E-state index contributed by atoms with van der Waals surface area (Å²) < 4.78 is 33.0. The molecule has 0 aliphatic rings. The molecule has 1 N–H and O–H groups in total. The molecule has 0 heterocycles. The highest BCUT2D eigenvalue weighted by molar-refractivity contribution is 7.86. The van der Waals surface area contributed by atoms with Crippen molar-refractivity contribution >= 4 is 39.0 Å². The van der Waals surface area contributed by atoms with E-state index in [1.165, 1.54) is 5.57 Å². The van der Waals surface area contributed by atoms with E-state index in [4.69, 9.17) is 32.1 Å². The first-order valence-electron chi connectivity index (χ1n) is 10.1. The second kappa shape index (κ2) is 10.5. The van der Waals surface area contributed by atoms with Crippen LogP contribution in [0.15, 0.2) is 66.2 Å². The molecule has 0 aliphatic heterocycles. The molecule has 174 valence electrons. The SMILES string of the molecule is COc1cc(-c2cc(Cl)c(-c3ccc(OS(C)(=O)=O)cc3)cc2Cl)ccc1NCC=C(C)C. The fourth-order valence-electron chi connectivity index (χ4n) is 3.22. The molecule has 0 fully saturated rings. The molecule has 33 heavy (non-hydrogen) atoms. The first-order valence-corrected chi connectivity index (χ1v) is 12.7. The predicted octanol–water partition coefficient (Wildman–Crippen LogP) is 7.05. The molecular weight excluding hydrogens is 481 g/mol. The monoisotopic (exact) mass is 505 g/mol. The lowest BCUT2D eigenvalue weighted by atomic mass is 9.99. The molecule has 0 radical (unpaired) electrons. The average Bonchev–Trinajstić information content (AvgIpc) is 2.74. The molecule has 5 nitrogen and oxygen atoms in total. The van der Waals surface area contributed by atoms with E-state index in [9.17, 15) is 8.42 Å². The van der Waals surface area contributed by atoms with Crippen LogP contribution in [-0.4, -0.2) is 28.3 Å². The van der Waals surface area contributed by atoms with Gasteiger partial charge in [0.15, 0.2) is 0 Å². The van der Waals surface area contributed by atoms with Crippen molar-refractivity contribution in [1.82, 2.24) is 0 Å². The molecule has 0 bridgehead atoms. The van der Waals surface area contributed by atoms with Gasteiger partial charge in [0.2, 0.25) is 0 Å². The lowest BCUT2D eigenvalue weighted by Gasteiger charge is -2.14. The number of hydrogen-bond acceptors (Lipinski definition) is 5. The van der Waals surface area contributed by atoms with Crippen LogP contribution in [0.1, 0.15) is 13.8 Å². The number of hydrogen-bond donors (Lipinski definition) is 1. The fourth-order valence-corrected chi connectivity index (χ4v) is 4.23. The minimum atomic E-state index is -3.59. The molecule has 0 unspecified atom stereocenters. The summed E-state index contributed by atoms with van der Waals surface area (Å²) in [7, 11) is -1.96. The number of ether oxygens (including phenoxy) is 1. The Morgan fingerprint density at radius 3 is 2.06 bits per heavy atom. The van der Waals surface area contributed by atoms with Crippen LogP contribution in [0.25, 0.3) is 22.3 Å². The van der Waals surface area contributed by atoms with Crippen LogP contribution in [0, 0.1) is 0 Å². The van der Waals surface area contributed by atoms with Gasteiger partial charge in [0.1, 0.15) is 11.5 Å². The van der Waals surface area contributed by atoms with E-state index in [0.717, 1.165) is 34.2 Å². The number of anilines is 1. The second-order valence-electron chi connectivity index (χ2n) is 7.70. The molecule has 0 spiro atoms. The summed E-state index contributed by atoms with van der Waals surface area (Å²) in [4.78, 5) is 0. The first kappa shape index (κ1) is 25.0. The number of rotatable bonds is 8. The van der Waals surface area contributed by atoms with Crippen LogP contribution in [0.2, 0.25) is 10.0 Å². The molecule has 0 saturated carbocycles. The van der Waals surface area contributed by atoms with Crippen LogP contribution < -0.4 is 14.2 Å². The summed E-state index contributed by atoms with van der Waals surface area (Å²) in [5.41, 5.74) is 5.27. The summed E-state index contributed by atoms with van der Waals surface area (Å²) >= 11 is 13.2. The van der Waals surface area contributed by atoms with Gasteiger partial charge in [-0.25, -0.2) is 0 Å². The van der Waals surface area contributed by atoms with Crippen molar-refractivity contribution in [2.24, 2.45) is 0 Å². The zero-order valence-corrected chi connectivity index (χ0v) is 21.1. The van der Waals surface area contributed by atoms with Gasteiger partial charge in [-0.15, -0.1) is 0 Å². The minimum Gasteiger partial charge on any atom is -0.495 e. The Hall–Kier alpha value is -2.67. The maximum atomic E-state index is 11.3. The fraction of sp³-hybridized carbons (Fsp3) is 0.200. The van der Waals surface area contributed by atoms with E-state index < -0.39 is 10.1 Å². The number of benzene rings is 3. The summed E-state index contributed by atoms with van der Waals surface area (Å²) in [5.74, 6) is 0.929. The van der Waals surface area contributed by atoms with E-state index in [-0.39, 0.29) is 5.75 Å². The van der Waals surface area contributed by atoms with Gasteiger partial charge in [-0.05, 0) is 61.4 Å². The molecule has 3 rings (SSSR count). The van der Waals surface area contributed by atoms with Crippen molar-refractivity contribution in [2.75, 3.05) is 25.2 Å². The van der Waals surface area contributed by atoms with Crippen molar-refractivity contribution < 1.29 is 17.3 Å². The van der Waals surface area contributed by atoms with E-state index in [2.05, 4.69) is 25.2 Å². The standard InChI is InChI=1S/C25H25Cl2NO4S/c1-16(2)11-12-28-24-10-7-18(13-25(24)31-3)21-15-22(26)20(14-23(21)27)17-5-8-19(9-6-17)32-33(4,29)30/h5-11,13-15,28H,12H2,1-4H3. The molecule has 0 atom stereocenters. The van der Waals surface area contributed by atoms with Gasteiger partial charge in [-0.2, -0.15) is 8.42 Å². The van der Waals surface area contributed by atoms with Crippen LogP contribution in [0.4, 0.5) is 5.69 Å². The van der Waals surface area contributed by atoms with Gasteiger partial charge >= 0.3 is 10.1 Å². The Labute approximate surface area is 205 Å². The van der Waals surface area contributed by atoms with Crippen molar-refractivity contribution in [2.45, 2.75) is 13.8 Å². The molecule has 3 aromatic rings. The zero-order chi connectivity index (χ0) is 24.2. The Balaban J connectivity index is 1.90. The second-order valence-corrected chi connectivity index (χ2v) is 10.1. The van der Waals surface area contributed by atoms with Crippen LogP contribution >= 0.6 is 23.2 Å². The Morgan fingerprint density at radius 2 is 1.52 bits per heavy atom. The van der Waals surface area contributed by atoms with Crippen molar-refractivity contribution in [1.29, 1.82) is 0 Å². The lowest BCUT2D eigenvalue weighted by molar-refractivity contribution is 0.417. The Bertz CT molecular complexity index is 1280. The minimum absolute atomic E-state index is 0.227. The van der Waals surface area contributed by atoms with Gasteiger partial charge < -0.3 is 14.2 Å². The lowest BCUT2D eigenvalue weighted by Crippen LogP contribution is -2.05. The molecule has 3 aromatic carbocycles. The van der Waals surface area contributed by atoms with Crippen LogP contribution in [-0.2, 0) is 10.1 Å². The third kappa shape index (κ3) is 6.67. The van der Waals surface area contributed by atoms with Crippen LogP contribution in [0.3, 0.4) is 0 Å². The highest BCUT2D eigenvalue weighted by Crippen LogP contribution is 2.40. The maximum Gasteiger partial charge on any atom is 0.306 e. The largest absolute Gasteiger partial charge is 0.495 e. The quantitative estimate of drug-likeness (QED) is 0.262. The molecule has 8 heteroatoms. The highest BCUT2D eigenvalue weighted by atomic mass is 35.5. The molecule has 0 aliphatic carbocycles. The Kier molecular flexibility index (Phi) is 7.95. The summed E-state index contributed by atoms with van der Waals surface area (Å²) in [6.45, 7) is 4.80. The molecular formula is C25H25Cl2NO4S. The van der Waals surface area contributed by atoms with E-state index in [0.29, 0.717) is 22.3 Å². The van der Waals surface area contributed by atoms with Gasteiger partial charge in [-0.1, -0.05) is 53.1 Å². The first-order chi connectivity index (χ1) is 15.6. The number of allylic oxidation sites excluding steroid dienone is 1. The summed E-state index contributed by atoms with van der Waals surface area (Å²) in [6, 6.07) is 16.0. The zero-order valence-electron chi connectivity index (χ0n) is 18.8. The molecule has 0 aromatic heterocycles. The summed E-state index contributed by atoms with van der Waals surface area (Å²) in [5, 5.41) is 4.38. The molecule has 0 amide bonds. The van der Waals surface area contributed by atoms with Crippen molar-refractivity contribution in [3.8, 4) is 33.8 Å². The van der Waals surface area contributed by atoms with Crippen molar-refractivity contribution in [3.63, 3.8) is 0 Å². The smallest absolute Gasteiger partial charge is 0.306 e. The normalized spacial score (nSPS) is 11.1. The van der Waals surface area contributed by atoms with E-state index in [1.807, 2.05) is 24.3 Å². The number of methoxy groups -OCH3 is 1. The summed E-state index contributed by atoms with van der Waals surface area (Å²) in [6.07, 6.45) is 3.10. The topological polar surface area (TPSA) is 64.6 Å². The van der Waals surface area contributed by atoms with Gasteiger partial charge in [0.25, 0.3) is 0 Å². The third-order valence-electron chi connectivity index (χ3n) is 4.79. The van der Waals surface area contributed by atoms with Crippen LogP contribution in [0.5, 0.6) is 11.5 Å². The average molecular weight is 506 g/mol.